The van der Waals surface area contributed by atoms with Crippen molar-refractivity contribution >= 4 is 33.2 Å². The van der Waals surface area contributed by atoms with E-state index in [0.717, 1.165) is 21.5 Å². The van der Waals surface area contributed by atoms with Gasteiger partial charge in [-0.1, -0.05) is 21.1 Å². The van der Waals surface area contributed by atoms with Crippen molar-refractivity contribution in [2.45, 2.75) is 24.8 Å². The van der Waals surface area contributed by atoms with Crippen LogP contribution >= 0.6 is 27.5 Å². The average Bonchev–Trinajstić information content (AvgIpc) is 2.78. The normalized spacial score (nSPS) is 20.7. The van der Waals surface area contributed by atoms with Gasteiger partial charge in [-0.25, -0.2) is 0 Å². The van der Waals surface area contributed by atoms with Crippen LogP contribution in [0.2, 0.25) is 0 Å². The van der Waals surface area contributed by atoms with Crippen LogP contribution < -0.4 is 4.74 Å². The molecule has 92 valence electrons. The summed E-state index contributed by atoms with van der Waals surface area (Å²) in [4.78, 5) is 5.31. The monoisotopic (exact) mass is 317 g/mol. The second-order valence-electron chi connectivity index (χ2n) is 3.91. The molecule has 0 N–H and O–H groups in total. The molecular formula is C12H13BrClNO2. The summed E-state index contributed by atoms with van der Waals surface area (Å²) in [7, 11) is 1.64. The third-order valence-corrected chi connectivity index (χ3v) is 3.45. The lowest BCUT2D eigenvalue weighted by Gasteiger charge is -2.10. The van der Waals surface area contributed by atoms with Gasteiger partial charge < -0.3 is 9.57 Å². The number of hydrogen-bond donors (Lipinski definition) is 0. The zero-order chi connectivity index (χ0) is 12.4. The highest BCUT2D eigenvalue weighted by molar-refractivity contribution is 9.10. The van der Waals surface area contributed by atoms with E-state index in [1.165, 1.54) is 0 Å². The molecule has 1 aromatic rings. The molecule has 3 nitrogen and oxygen atoms in total. The number of oxime groups is 1. The van der Waals surface area contributed by atoms with Crippen molar-refractivity contribution in [1.29, 1.82) is 0 Å². The van der Waals surface area contributed by atoms with Gasteiger partial charge in [0.2, 0.25) is 0 Å². The van der Waals surface area contributed by atoms with Gasteiger partial charge in [-0.05, 0) is 25.1 Å². The fraction of sp³-hybridized carbons (Fsp3) is 0.417. The predicted octanol–water partition coefficient (Wildman–Crippen LogP) is 3.58. The number of ether oxygens (including phenoxy) is 1. The molecule has 1 aliphatic heterocycles. The quantitative estimate of drug-likeness (QED) is 0.798. The van der Waals surface area contributed by atoms with E-state index in [1.807, 2.05) is 25.1 Å². The molecule has 1 aromatic carbocycles. The standard InChI is InChI=1S/C12H13BrClNO2/c1-7(14)12-6-10(15-17-12)9-5-8(13)3-4-11(9)16-2/h3-5,7,12H,6H2,1-2H3. The van der Waals surface area contributed by atoms with E-state index in [0.29, 0.717) is 6.42 Å². The molecule has 0 amide bonds. The Morgan fingerprint density at radius 1 is 1.59 bits per heavy atom. The molecule has 0 saturated carbocycles. The van der Waals surface area contributed by atoms with E-state index in [4.69, 9.17) is 21.2 Å². The molecular weight excluding hydrogens is 305 g/mol. The molecule has 0 bridgehead atoms. The van der Waals surface area contributed by atoms with Crippen LogP contribution in [0, 0.1) is 0 Å². The molecule has 0 radical (unpaired) electrons. The van der Waals surface area contributed by atoms with Crippen molar-refractivity contribution in [1.82, 2.24) is 0 Å². The molecule has 0 aromatic heterocycles. The molecule has 2 atom stereocenters. The Bertz CT molecular complexity index is 448. The maximum absolute atomic E-state index is 6.00. The second kappa shape index (κ2) is 5.27. The van der Waals surface area contributed by atoms with Crippen LogP contribution in [-0.2, 0) is 4.84 Å². The molecule has 0 saturated heterocycles. The van der Waals surface area contributed by atoms with Gasteiger partial charge in [0.05, 0.1) is 18.2 Å². The Morgan fingerprint density at radius 3 is 2.94 bits per heavy atom. The van der Waals surface area contributed by atoms with Crippen molar-refractivity contribution in [2.75, 3.05) is 7.11 Å². The molecule has 2 rings (SSSR count). The fourth-order valence-corrected chi connectivity index (χ4v) is 2.20. The number of halogens is 2. The fourth-order valence-electron chi connectivity index (χ4n) is 1.71. The van der Waals surface area contributed by atoms with Crippen LogP contribution in [-0.4, -0.2) is 24.3 Å². The van der Waals surface area contributed by atoms with Crippen molar-refractivity contribution in [3.63, 3.8) is 0 Å². The molecule has 1 heterocycles. The number of methoxy groups -OCH3 is 1. The molecule has 0 aliphatic carbocycles. The Labute approximate surface area is 114 Å². The van der Waals surface area contributed by atoms with Crippen LogP contribution in [0.25, 0.3) is 0 Å². The largest absolute Gasteiger partial charge is 0.496 e. The zero-order valence-corrected chi connectivity index (χ0v) is 12.0. The first-order valence-electron chi connectivity index (χ1n) is 5.32. The van der Waals surface area contributed by atoms with Crippen molar-refractivity contribution < 1.29 is 9.57 Å². The summed E-state index contributed by atoms with van der Waals surface area (Å²) < 4.78 is 6.30. The van der Waals surface area contributed by atoms with Gasteiger partial charge in [-0.2, -0.15) is 0 Å². The first kappa shape index (κ1) is 12.7. The summed E-state index contributed by atoms with van der Waals surface area (Å²) in [6.07, 6.45) is 0.646. The first-order chi connectivity index (χ1) is 8.11. The van der Waals surface area contributed by atoms with E-state index in [1.54, 1.807) is 7.11 Å². The Morgan fingerprint density at radius 2 is 2.35 bits per heavy atom. The summed E-state index contributed by atoms with van der Waals surface area (Å²) in [5, 5.41) is 4.03. The highest BCUT2D eigenvalue weighted by Crippen LogP contribution is 2.29. The van der Waals surface area contributed by atoms with Gasteiger partial charge in [-0.3, -0.25) is 0 Å². The molecule has 0 fully saturated rings. The summed E-state index contributed by atoms with van der Waals surface area (Å²) in [5.41, 5.74) is 1.82. The van der Waals surface area contributed by atoms with Gasteiger partial charge in [-0.15, -0.1) is 11.6 Å². The van der Waals surface area contributed by atoms with Gasteiger partial charge in [0.15, 0.2) is 0 Å². The minimum Gasteiger partial charge on any atom is -0.496 e. The topological polar surface area (TPSA) is 30.8 Å². The molecule has 2 unspecified atom stereocenters. The van der Waals surface area contributed by atoms with E-state index in [9.17, 15) is 0 Å². The number of nitrogens with zero attached hydrogens (tertiary/aromatic N) is 1. The minimum absolute atomic E-state index is 0.0599. The molecule has 5 heteroatoms. The zero-order valence-electron chi connectivity index (χ0n) is 9.61. The molecule has 0 spiro atoms. The average molecular weight is 319 g/mol. The summed E-state index contributed by atoms with van der Waals surface area (Å²) in [6, 6.07) is 5.81. The minimum atomic E-state index is -0.0607. The Balaban J connectivity index is 2.26. The number of rotatable bonds is 3. The van der Waals surface area contributed by atoms with Gasteiger partial charge in [0.1, 0.15) is 11.9 Å². The van der Waals surface area contributed by atoms with Crippen LogP contribution in [0.5, 0.6) is 5.75 Å². The van der Waals surface area contributed by atoms with Gasteiger partial charge in [0, 0.05) is 16.5 Å². The third-order valence-electron chi connectivity index (χ3n) is 2.68. The molecule has 17 heavy (non-hydrogen) atoms. The van der Waals surface area contributed by atoms with E-state index in [-0.39, 0.29) is 11.5 Å². The van der Waals surface area contributed by atoms with Gasteiger partial charge >= 0.3 is 0 Å². The smallest absolute Gasteiger partial charge is 0.149 e. The number of alkyl halides is 1. The van der Waals surface area contributed by atoms with Crippen molar-refractivity contribution in [3.8, 4) is 5.75 Å². The number of hydrogen-bond acceptors (Lipinski definition) is 3. The van der Waals surface area contributed by atoms with Crippen LogP contribution in [0.3, 0.4) is 0 Å². The van der Waals surface area contributed by atoms with E-state index in [2.05, 4.69) is 21.1 Å². The summed E-state index contributed by atoms with van der Waals surface area (Å²) in [5.74, 6) is 0.790. The van der Waals surface area contributed by atoms with E-state index < -0.39 is 0 Å². The Kier molecular flexibility index (Phi) is 3.94. The third kappa shape index (κ3) is 2.75. The van der Waals surface area contributed by atoms with Crippen LogP contribution in [0.1, 0.15) is 18.9 Å². The lowest BCUT2D eigenvalue weighted by molar-refractivity contribution is 0.0855. The predicted molar refractivity (Wildman–Crippen MR) is 72.0 cm³/mol. The maximum atomic E-state index is 6.00. The Hall–Kier alpha value is -0.740. The summed E-state index contributed by atoms with van der Waals surface area (Å²) in [6.45, 7) is 1.91. The summed E-state index contributed by atoms with van der Waals surface area (Å²) >= 11 is 9.44. The lowest BCUT2D eigenvalue weighted by Crippen LogP contribution is -2.18. The maximum Gasteiger partial charge on any atom is 0.149 e. The van der Waals surface area contributed by atoms with Crippen LogP contribution in [0.4, 0.5) is 0 Å². The van der Waals surface area contributed by atoms with Crippen molar-refractivity contribution in [2.24, 2.45) is 5.16 Å². The lowest BCUT2D eigenvalue weighted by atomic mass is 10.0. The first-order valence-corrected chi connectivity index (χ1v) is 6.55. The second-order valence-corrected chi connectivity index (χ2v) is 5.51. The highest BCUT2D eigenvalue weighted by atomic mass is 79.9. The molecule has 1 aliphatic rings. The van der Waals surface area contributed by atoms with Crippen LogP contribution in [0.15, 0.2) is 27.8 Å². The van der Waals surface area contributed by atoms with E-state index >= 15 is 0 Å². The number of benzene rings is 1. The van der Waals surface area contributed by atoms with Crippen molar-refractivity contribution in [3.05, 3.63) is 28.2 Å². The highest BCUT2D eigenvalue weighted by Gasteiger charge is 2.27. The van der Waals surface area contributed by atoms with Gasteiger partial charge in [0.25, 0.3) is 0 Å². The SMILES string of the molecule is COc1ccc(Br)cc1C1=NOC(C(C)Cl)C1.